The van der Waals surface area contributed by atoms with Gasteiger partial charge in [0.25, 0.3) is 5.91 Å². The van der Waals surface area contributed by atoms with Crippen LogP contribution in [0, 0.1) is 6.92 Å². The van der Waals surface area contributed by atoms with Crippen molar-refractivity contribution in [2.45, 2.75) is 39.3 Å². The van der Waals surface area contributed by atoms with Crippen molar-refractivity contribution >= 4 is 23.5 Å². The van der Waals surface area contributed by atoms with Gasteiger partial charge >= 0.3 is 5.97 Å². The molecule has 1 aliphatic heterocycles. The summed E-state index contributed by atoms with van der Waals surface area (Å²) in [7, 11) is 0. The number of benzene rings is 2. The molecule has 7 heteroatoms. The minimum Gasteiger partial charge on any atom is -0.478 e. The van der Waals surface area contributed by atoms with Crippen LogP contribution in [0.4, 0.5) is 5.69 Å². The zero-order chi connectivity index (χ0) is 21.2. The van der Waals surface area contributed by atoms with E-state index in [2.05, 4.69) is 5.32 Å². The van der Waals surface area contributed by atoms with Crippen LogP contribution in [0.15, 0.2) is 42.5 Å². The Morgan fingerprint density at radius 1 is 1.14 bits per heavy atom. The predicted molar refractivity (Wildman–Crippen MR) is 108 cm³/mol. The maximum Gasteiger partial charge on any atom is 0.335 e. The van der Waals surface area contributed by atoms with E-state index in [0.29, 0.717) is 11.4 Å². The normalized spacial score (nSPS) is 14.7. The zero-order valence-corrected chi connectivity index (χ0v) is 16.7. The standard InChI is InChI=1S/C22H24N2O5/c1-14-4-9-18-17(12-14)24(21(28)22(2,3)29-18)11-10-19(25)23-13-15-5-7-16(8-6-15)20(26)27/h4-9,12H,10-11,13H2,1-3H3,(H,23,25)(H,26,27). The maximum atomic E-state index is 12.8. The van der Waals surface area contributed by atoms with Gasteiger partial charge in [0, 0.05) is 19.5 Å². The van der Waals surface area contributed by atoms with Crippen molar-refractivity contribution in [2.24, 2.45) is 0 Å². The summed E-state index contributed by atoms with van der Waals surface area (Å²) in [6, 6.07) is 12.0. The summed E-state index contributed by atoms with van der Waals surface area (Å²) in [5.41, 5.74) is 1.67. The van der Waals surface area contributed by atoms with Gasteiger partial charge in [-0.05, 0) is 56.2 Å². The second-order valence-electron chi connectivity index (χ2n) is 7.57. The highest BCUT2D eigenvalue weighted by atomic mass is 16.5. The molecule has 2 aromatic carbocycles. The molecular weight excluding hydrogens is 372 g/mol. The van der Waals surface area contributed by atoms with Gasteiger partial charge in [0.15, 0.2) is 5.60 Å². The van der Waals surface area contributed by atoms with Crippen molar-refractivity contribution in [3.8, 4) is 5.75 Å². The van der Waals surface area contributed by atoms with Crippen molar-refractivity contribution in [3.63, 3.8) is 0 Å². The molecule has 0 atom stereocenters. The Morgan fingerprint density at radius 2 is 1.83 bits per heavy atom. The molecule has 0 aliphatic carbocycles. The fraction of sp³-hybridized carbons (Fsp3) is 0.318. The van der Waals surface area contributed by atoms with Crippen molar-refractivity contribution < 1.29 is 24.2 Å². The van der Waals surface area contributed by atoms with Gasteiger partial charge in [-0.25, -0.2) is 4.79 Å². The van der Waals surface area contributed by atoms with Crippen molar-refractivity contribution in [2.75, 3.05) is 11.4 Å². The van der Waals surface area contributed by atoms with Crippen LogP contribution in [0.3, 0.4) is 0 Å². The Kier molecular flexibility index (Phi) is 5.59. The SMILES string of the molecule is Cc1ccc2c(c1)N(CCC(=O)NCc1ccc(C(=O)O)cc1)C(=O)C(C)(C)O2. The largest absolute Gasteiger partial charge is 0.478 e. The molecule has 0 fully saturated rings. The minimum atomic E-state index is -0.995. The summed E-state index contributed by atoms with van der Waals surface area (Å²) < 4.78 is 5.82. The van der Waals surface area contributed by atoms with Gasteiger partial charge in [0.2, 0.25) is 5.91 Å². The van der Waals surface area contributed by atoms with Gasteiger partial charge < -0.3 is 20.1 Å². The number of aromatic carboxylic acids is 1. The van der Waals surface area contributed by atoms with Crippen molar-refractivity contribution in [1.82, 2.24) is 5.32 Å². The molecule has 152 valence electrons. The van der Waals surface area contributed by atoms with Gasteiger partial charge in [-0.3, -0.25) is 9.59 Å². The highest BCUT2D eigenvalue weighted by molar-refractivity contribution is 6.02. The lowest BCUT2D eigenvalue weighted by atomic mass is 10.0. The molecule has 2 amide bonds. The van der Waals surface area contributed by atoms with E-state index >= 15 is 0 Å². The molecule has 0 unspecified atom stereocenters. The lowest BCUT2D eigenvalue weighted by molar-refractivity contribution is -0.132. The number of carbonyl (C=O) groups excluding carboxylic acids is 2. The molecule has 3 rings (SSSR count). The molecule has 0 aromatic heterocycles. The van der Waals surface area contributed by atoms with E-state index in [4.69, 9.17) is 9.84 Å². The van der Waals surface area contributed by atoms with E-state index in [1.807, 2.05) is 25.1 Å². The van der Waals surface area contributed by atoms with Crippen molar-refractivity contribution in [3.05, 3.63) is 59.2 Å². The van der Waals surface area contributed by atoms with Crippen LogP contribution in [0.1, 0.15) is 41.8 Å². The third-order valence-electron chi connectivity index (χ3n) is 4.78. The van der Waals surface area contributed by atoms with Crippen LogP contribution in [-0.4, -0.2) is 35.0 Å². The monoisotopic (exact) mass is 396 g/mol. The van der Waals surface area contributed by atoms with Crippen LogP contribution in [0.2, 0.25) is 0 Å². The van der Waals surface area contributed by atoms with Crippen LogP contribution in [0.25, 0.3) is 0 Å². The number of ether oxygens (including phenoxy) is 1. The second-order valence-corrected chi connectivity index (χ2v) is 7.57. The first kappa shape index (κ1) is 20.4. The number of fused-ring (bicyclic) bond motifs is 1. The van der Waals surface area contributed by atoms with Gasteiger partial charge in [-0.1, -0.05) is 18.2 Å². The summed E-state index contributed by atoms with van der Waals surface area (Å²) in [5.74, 6) is -0.750. The number of amides is 2. The summed E-state index contributed by atoms with van der Waals surface area (Å²) >= 11 is 0. The molecule has 7 nitrogen and oxygen atoms in total. The van der Waals surface area contributed by atoms with E-state index in [1.165, 1.54) is 12.1 Å². The number of hydrogen-bond acceptors (Lipinski definition) is 4. The molecular formula is C22H24N2O5. The highest BCUT2D eigenvalue weighted by Gasteiger charge is 2.40. The number of nitrogens with one attached hydrogen (secondary N) is 1. The number of rotatable bonds is 6. The van der Waals surface area contributed by atoms with E-state index in [-0.39, 0.29) is 36.9 Å². The molecule has 0 radical (unpaired) electrons. The first-order chi connectivity index (χ1) is 13.7. The van der Waals surface area contributed by atoms with Gasteiger partial charge in [-0.2, -0.15) is 0 Å². The Morgan fingerprint density at radius 3 is 2.48 bits per heavy atom. The number of carbonyl (C=O) groups is 3. The number of nitrogens with zero attached hydrogens (tertiary/aromatic N) is 1. The van der Waals surface area contributed by atoms with E-state index in [9.17, 15) is 14.4 Å². The average molecular weight is 396 g/mol. The number of hydrogen-bond donors (Lipinski definition) is 2. The topological polar surface area (TPSA) is 95.9 Å². The Hall–Kier alpha value is -3.35. The van der Waals surface area contributed by atoms with E-state index in [1.54, 1.807) is 30.9 Å². The number of anilines is 1. The molecule has 1 heterocycles. The third-order valence-corrected chi connectivity index (χ3v) is 4.78. The molecule has 2 aromatic rings. The van der Waals surface area contributed by atoms with Gasteiger partial charge in [0.05, 0.1) is 11.3 Å². The quantitative estimate of drug-likeness (QED) is 0.783. The summed E-state index contributed by atoms with van der Waals surface area (Å²) in [6.45, 7) is 5.89. The van der Waals surface area contributed by atoms with E-state index in [0.717, 1.165) is 11.1 Å². The molecule has 29 heavy (non-hydrogen) atoms. The maximum absolute atomic E-state index is 12.8. The third kappa shape index (κ3) is 4.56. The number of carboxylic acid groups (broad SMARTS) is 1. The van der Waals surface area contributed by atoms with Crippen LogP contribution >= 0.6 is 0 Å². The Labute approximate surface area is 169 Å². The van der Waals surface area contributed by atoms with Crippen LogP contribution in [0.5, 0.6) is 5.75 Å². The molecule has 0 saturated heterocycles. The fourth-order valence-electron chi connectivity index (χ4n) is 3.17. The predicted octanol–water partition coefficient (Wildman–Crippen LogP) is 2.90. The Bertz CT molecular complexity index is 950. The molecule has 0 spiro atoms. The lowest BCUT2D eigenvalue weighted by Gasteiger charge is -2.38. The molecule has 1 aliphatic rings. The Balaban J connectivity index is 1.62. The summed E-state index contributed by atoms with van der Waals surface area (Å²) in [4.78, 5) is 37.6. The fourth-order valence-corrected chi connectivity index (χ4v) is 3.17. The molecule has 0 saturated carbocycles. The summed E-state index contributed by atoms with van der Waals surface area (Å²) in [5, 5.41) is 11.7. The molecule has 2 N–H and O–H groups in total. The lowest BCUT2D eigenvalue weighted by Crippen LogP contribution is -2.53. The highest BCUT2D eigenvalue weighted by Crippen LogP contribution is 2.38. The first-order valence-corrected chi connectivity index (χ1v) is 9.38. The zero-order valence-electron chi connectivity index (χ0n) is 16.7. The minimum absolute atomic E-state index is 0.141. The second kappa shape index (κ2) is 7.95. The first-order valence-electron chi connectivity index (χ1n) is 9.38. The smallest absolute Gasteiger partial charge is 0.335 e. The van der Waals surface area contributed by atoms with E-state index < -0.39 is 11.6 Å². The van der Waals surface area contributed by atoms with Crippen LogP contribution < -0.4 is 15.0 Å². The van der Waals surface area contributed by atoms with Crippen LogP contribution in [-0.2, 0) is 16.1 Å². The summed E-state index contributed by atoms with van der Waals surface area (Å²) in [6.07, 6.45) is 0.141. The number of aryl methyl sites for hydroxylation is 1. The molecule has 0 bridgehead atoms. The van der Waals surface area contributed by atoms with Gasteiger partial charge in [0.1, 0.15) is 5.75 Å². The average Bonchev–Trinajstić information content (AvgIpc) is 2.67. The van der Waals surface area contributed by atoms with Gasteiger partial charge in [-0.15, -0.1) is 0 Å². The van der Waals surface area contributed by atoms with Crippen molar-refractivity contribution in [1.29, 1.82) is 0 Å². The number of carboxylic acids is 1.